The lowest BCUT2D eigenvalue weighted by molar-refractivity contribution is -0.00435. The van der Waals surface area contributed by atoms with E-state index in [9.17, 15) is 18.7 Å². The summed E-state index contributed by atoms with van der Waals surface area (Å²) < 4.78 is 31.7. The number of piperidine rings is 1. The molecule has 0 aliphatic carbocycles. The van der Waals surface area contributed by atoms with Gasteiger partial charge in [0.25, 0.3) is 0 Å². The molecular formula is C25H35ClN2O6S. The van der Waals surface area contributed by atoms with E-state index in [1.54, 1.807) is 20.2 Å². The Morgan fingerprint density at radius 1 is 1.31 bits per heavy atom. The molecule has 8 nitrogen and oxygen atoms in total. The Labute approximate surface area is 214 Å². The summed E-state index contributed by atoms with van der Waals surface area (Å²) in [4.78, 5) is 17.4. The number of carboxylic acid groups (broad SMARTS) is 1. The number of aromatic nitrogens is 1. The van der Waals surface area contributed by atoms with Crippen molar-refractivity contribution in [3.05, 3.63) is 35.0 Å². The molecule has 1 aliphatic heterocycles. The SMILES string of the molecule is COc1ccc2ncc(Cl)c(C(CCC3(C(C)OS(=O)O)CCN(C(=O)O)CC3)C(C)(C)C)c2c1. The van der Waals surface area contributed by atoms with Crippen molar-refractivity contribution in [2.45, 2.75) is 65.4 Å². The number of rotatable bonds is 8. The molecule has 2 heterocycles. The average molecular weight is 527 g/mol. The van der Waals surface area contributed by atoms with E-state index in [1.807, 2.05) is 18.2 Å². The fraction of sp³-hybridized carbons (Fsp3) is 0.600. The number of carbonyl (C=O) groups is 1. The minimum absolute atomic E-state index is 0.0359. The van der Waals surface area contributed by atoms with Gasteiger partial charge in [0, 0.05) is 30.1 Å². The molecule has 35 heavy (non-hydrogen) atoms. The molecule has 1 amide bonds. The summed E-state index contributed by atoms with van der Waals surface area (Å²) >= 11 is 4.36. The zero-order chi connectivity index (χ0) is 26.0. The third kappa shape index (κ3) is 6.25. The highest BCUT2D eigenvalue weighted by molar-refractivity contribution is 7.74. The van der Waals surface area contributed by atoms with Crippen LogP contribution in [0.2, 0.25) is 5.02 Å². The van der Waals surface area contributed by atoms with Crippen LogP contribution in [0.25, 0.3) is 10.9 Å². The summed E-state index contributed by atoms with van der Waals surface area (Å²) in [7, 11) is 1.62. The molecule has 3 rings (SSSR count). The first-order chi connectivity index (χ1) is 16.4. The maximum Gasteiger partial charge on any atom is 0.407 e. The van der Waals surface area contributed by atoms with Crippen LogP contribution in [0.3, 0.4) is 0 Å². The highest BCUT2D eigenvalue weighted by atomic mass is 35.5. The molecular weight excluding hydrogens is 492 g/mol. The zero-order valence-electron chi connectivity index (χ0n) is 20.9. The maximum absolute atomic E-state index is 11.5. The van der Waals surface area contributed by atoms with Gasteiger partial charge in [-0.3, -0.25) is 13.7 Å². The van der Waals surface area contributed by atoms with Crippen molar-refractivity contribution in [2.24, 2.45) is 10.8 Å². The van der Waals surface area contributed by atoms with E-state index in [0.717, 1.165) is 28.6 Å². The van der Waals surface area contributed by atoms with Gasteiger partial charge in [-0.2, -0.15) is 4.21 Å². The number of amides is 1. The quantitative estimate of drug-likeness (QED) is 0.399. The maximum atomic E-state index is 11.5. The lowest BCUT2D eigenvalue weighted by Gasteiger charge is -2.45. The van der Waals surface area contributed by atoms with Crippen molar-refractivity contribution in [1.82, 2.24) is 9.88 Å². The predicted molar refractivity (Wildman–Crippen MR) is 137 cm³/mol. The standard InChI is InChI=1S/C25H35ClN2O6S/c1-16(34-35(31)32)25(10-12-28(13-11-25)23(29)30)9-8-19(24(2,3)4)22-18-14-17(33-5)6-7-21(18)27-15-20(22)26/h6-7,14-16,19H,8-13H2,1-5H3,(H,29,30)(H,31,32). The first-order valence-electron chi connectivity index (χ1n) is 11.8. The smallest absolute Gasteiger partial charge is 0.407 e. The molecule has 0 radical (unpaired) electrons. The topological polar surface area (TPSA) is 109 Å². The molecule has 10 heteroatoms. The van der Waals surface area contributed by atoms with Gasteiger partial charge in [0.05, 0.1) is 23.8 Å². The Balaban J connectivity index is 2.00. The van der Waals surface area contributed by atoms with Gasteiger partial charge < -0.3 is 14.7 Å². The van der Waals surface area contributed by atoms with Crippen LogP contribution in [0.15, 0.2) is 24.4 Å². The number of fused-ring (bicyclic) bond motifs is 1. The van der Waals surface area contributed by atoms with E-state index in [0.29, 0.717) is 37.4 Å². The summed E-state index contributed by atoms with van der Waals surface area (Å²) in [6.45, 7) is 9.03. The largest absolute Gasteiger partial charge is 0.497 e. The number of benzene rings is 1. The minimum atomic E-state index is -2.41. The third-order valence-corrected chi connectivity index (χ3v) is 8.27. The van der Waals surface area contributed by atoms with Gasteiger partial charge in [-0.1, -0.05) is 32.4 Å². The van der Waals surface area contributed by atoms with Crippen LogP contribution >= 0.6 is 11.6 Å². The van der Waals surface area contributed by atoms with Gasteiger partial charge in [0.1, 0.15) is 5.75 Å². The zero-order valence-corrected chi connectivity index (χ0v) is 22.5. The van der Waals surface area contributed by atoms with Crippen molar-refractivity contribution in [1.29, 1.82) is 0 Å². The van der Waals surface area contributed by atoms with E-state index in [4.69, 9.17) is 20.5 Å². The van der Waals surface area contributed by atoms with Crippen LogP contribution in [0.1, 0.15) is 64.9 Å². The molecule has 1 aromatic heterocycles. The number of nitrogens with zero attached hydrogens (tertiary/aromatic N) is 2. The van der Waals surface area contributed by atoms with E-state index < -0.39 is 29.0 Å². The number of ether oxygens (including phenoxy) is 1. The highest BCUT2D eigenvalue weighted by Crippen LogP contribution is 2.49. The van der Waals surface area contributed by atoms with Crippen LogP contribution in [0, 0.1) is 10.8 Å². The van der Waals surface area contributed by atoms with Crippen molar-refractivity contribution >= 4 is 40.0 Å². The fourth-order valence-electron chi connectivity index (χ4n) is 5.32. The molecule has 0 bridgehead atoms. The van der Waals surface area contributed by atoms with Crippen molar-refractivity contribution in [3.8, 4) is 5.75 Å². The van der Waals surface area contributed by atoms with E-state index in [1.165, 1.54) is 4.90 Å². The molecule has 1 aliphatic rings. The van der Waals surface area contributed by atoms with Gasteiger partial charge in [-0.25, -0.2) is 4.79 Å². The number of hydrogen-bond donors (Lipinski definition) is 2. The highest BCUT2D eigenvalue weighted by Gasteiger charge is 2.43. The van der Waals surface area contributed by atoms with Crippen LogP contribution in [0.5, 0.6) is 5.75 Å². The number of methoxy groups -OCH3 is 1. The molecule has 0 spiro atoms. The molecule has 194 valence electrons. The summed E-state index contributed by atoms with van der Waals surface area (Å²) in [5, 5.41) is 10.9. The van der Waals surface area contributed by atoms with Crippen LogP contribution in [0.4, 0.5) is 4.79 Å². The molecule has 1 fully saturated rings. The molecule has 3 unspecified atom stereocenters. The summed E-state index contributed by atoms with van der Waals surface area (Å²) in [6, 6.07) is 5.76. The first kappa shape index (κ1) is 27.6. The predicted octanol–water partition coefficient (Wildman–Crippen LogP) is 6.11. The second-order valence-corrected chi connectivity index (χ2v) is 11.5. The Kier molecular flexibility index (Phi) is 8.68. The first-order valence-corrected chi connectivity index (χ1v) is 13.2. The number of halogens is 1. The second kappa shape index (κ2) is 11.0. The Bertz CT molecular complexity index is 1080. The fourth-order valence-corrected chi connectivity index (χ4v) is 6.05. The summed E-state index contributed by atoms with van der Waals surface area (Å²) in [5.74, 6) is 0.759. The monoisotopic (exact) mass is 526 g/mol. The number of pyridine rings is 1. The van der Waals surface area contributed by atoms with Gasteiger partial charge in [-0.05, 0) is 67.7 Å². The lowest BCUT2D eigenvalue weighted by atomic mass is 9.66. The van der Waals surface area contributed by atoms with Gasteiger partial charge in [-0.15, -0.1) is 0 Å². The third-order valence-electron chi connectivity index (χ3n) is 7.51. The van der Waals surface area contributed by atoms with Crippen LogP contribution in [-0.4, -0.2) is 56.1 Å². The van der Waals surface area contributed by atoms with E-state index in [2.05, 4.69) is 25.8 Å². The molecule has 1 saturated heterocycles. The van der Waals surface area contributed by atoms with Gasteiger partial charge in [0.2, 0.25) is 0 Å². The minimum Gasteiger partial charge on any atom is -0.497 e. The van der Waals surface area contributed by atoms with Crippen LogP contribution < -0.4 is 4.74 Å². The molecule has 2 N–H and O–H groups in total. The Morgan fingerprint density at radius 2 is 1.97 bits per heavy atom. The van der Waals surface area contributed by atoms with E-state index >= 15 is 0 Å². The molecule has 1 aromatic carbocycles. The normalized spacial score (nSPS) is 18.8. The molecule has 0 saturated carbocycles. The van der Waals surface area contributed by atoms with Crippen molar-refractivity contribution < 1.29 is 27.6 Å². The summed E-state index contributed by atoms with van der Waals surface area (Å²) in [5.41, 5.74) is 1.23. The van der Waals surface area contributed by atoms with Gasteiger partial charge >= 0.3 is 17.5 Å². The van der Waals surface area contributed by atoms with Crippen LogP contribution in [-0.2, 0) is 15.5 Å². The molecule has 3 atom stereocenters. The Hall–Kier alpha value is -1.94. The second-order valence-electron chi connectivity index (χ2n) is 10.4. The number of hydrogen-bond acceptors (Lipinski definition) is 5. The average Bonchev–Trinajstić information content (AvgIpc) is 2.79. The van der Waals surface area contributed by atoms with Crippen molar-refractivity contribution in [3.63, 3.8) is 0 Å². The lowest BCUT2D eigenvalue weighted by Crippen LogP contribution is -2.48. The van der Waals surface area contributed by atoms with E-state index in [-0.39, 0.29) is 11.3 Å². The summed E-state index contributed by atoms with van der Waals surface area (Å²) in [6.07, 6.45) is 2.74. The number of likely N-dealkylation sites (tertiary alicyclic amines) is 1. The Morgan fingerprint density at radius 3 is 2.51 bits per heavy atom. The van der Waals surface area contributed by atoms with Gasteiger partial charge in [0.15, 0.2) is 0 Å². The molecule has 2 aromatic rings. The van der Waals surface area contributed by atoms with Crippen molar-refractivity contribution in [2.75, 3.05) is 20.2 Å².